The van der Waals surface area contributed by atoms with E-state index in [1.807, 2.05) is 6.92 Å². The lowest BCUT2D eigenvalue weighted by atomic mass is 10.2. The number of carbonyl (C=O) groups excluding carboxylic acids is 1. The smallest absolute Gasteiger partial charge is 0.220 e. The predicted molar refractivity (Wildman–Crippen MR) is 94.9 cm³/mol. The molecule has 1 aliphatic rings. The van der Waals surface area contributed by atoms with Gasteiger partial charge in [-0.15, -0.1) is 11.3 Å². The highest BCUT2D eigenvalue weighted by atomic mass is 32.1. The minimum Gasteiger partial charge on any atom is -0.351 e. The van der Waals surface area contributed by atoms with Gasteiger partial charge in [0.2, 0.25) is 5.91 Å². The van der Waals surface area contributed by atoms with Crippen LogP contribution < -0.4 is 10.6 Å². The van der Waals surface area contributed by atoms with Gasteiger partial charge in [-0.2, -0.15) is 5.10 Å². The van der Waals surface area contributed by atoms with Gasteiger partial charge in [0.05, 0.1) is 28.6 Å². The monoisotopic (exact) mass is 347 g/mol. The van der Waals surface area contributed by atoms with E-state index in [1.165, 1.54) is 10.6 Å². The number of rotatable bonds is 6. The Labute approximate surface area is 146 Å². The maximum atomic E-state index is 12.1. The summed E-state index contributed by atoms with van der Waals surface area (Å²) in [6.07, 6.45) is 3.17. The van der Waals surface area contributed by atoms with Crippen LogP contribution in [0.3, 0.4) is 0 Å². The Hall–Kier alpha value is -1.73. The maximum absolute atomic E-state index is 12.1. The molecule has 0 bridgehead atoms. The normalized spacial score (nSPS) is 14.2. The summed E-state index contributed by atoms with van der Waals surface area (Å²) in [5.41, 5.74) is 3.32. The standard InChI is InChI=1S/C17H25N5OS/c1-3-15-16(24-12(2)20-15)11-19-17(23)6-5-13-9-14-10-18-7-4-8-22(14)21-13/h9,18H,3-8,10-11H2,1-2H3,(H,19,23). The van der Waals surface area contributed by atoms with Crippen molar-refractivity contribution in [2.45, 2.75) is 59.2 Å². The minimum atomic E-state index is 0.0735. The van der Waals surface area contributed by atoms with Gasteiger partial charge in [-0.3, -0.25) is 9.48 Å². The van der Waals surface area contributed by atoms with Crippen molar-refractivity contribution >= 4 is 17.2 Å². The van der Waals surface area contributed by atoms with Crippen LogP contribution >= 0.6 is 11.3 Å². The van der Waals surface area contributed by atoms with Crippen LogP contribution in [0.4, 0.5) is 0 Å². The van der Waals surface area contributed by atoms with E-state index in [4.69, 9.17) is 0 Å². The summed E-state index contributed by atoms with van der Waals surface area (Å²) in [6.45, 7) is 7.54. The van der Waals surface area contributed by atoms with Crippen molar-refractivity contribution in [2.75, 3.05) is 6.54 Å². The van der Waals surface area contributed by atoms with E-state index in [-0.39, 0.29) is 5.91 Å². The lowest BCUT2D eigenvalue weighted by Gasteiger charge is -2.04. The highest BCUT2D eigenvalue weighted by Crippen LogP contribution is 2.18. The van der Waals surface area contributed by atoms with Gasteiger partial charge in [0.1, 0.15) is 0 Å². The van der Waals surface area contributed by atoms with Gasteiger partial charge < -0.3 is 10.6 Å². The van der Waals surface area contributed by atoms with Crippen LogP contribution in [-0.2, 0) is 37.3 Å². The molecule has 0 aromatic carbocycles. The Balaban J connectivity index is 1.49. The highest BCUT2D eigenvalue weighted by molar-refractivity contribution is 7.11. The molecule has 0 aliphatic carbocycles. The quantitative estimate of drug-likeness (QED) is 0.838. The summed E-state index contributed by atoms with van der Waals surface area (Å²) < 4.78 is 2.07. The molecular formula is C17H25N5OS. The van der Waals surface area contributed by atoms with Gasteiger partial charge in [-0.05, 0) is 32.4 Å². The summed E-state index contributed by atoms with van der Waals surface area (Å²) in [5.74, 6) is 0.0735. The van der Waals surface area contributed by atoms with Crippen LogP contribution in [0.5, 0.6) is 0 Å². The Morgan fingerprint density at radius 3 is 3.21 bits per heavy atom. The first-order valence-electron chi connectivity index (χ1n) is 8.64. The van der Waals surface area contributed by atoms with Crippen LogP contribution in [-0.4, -0.2) is 27.2 Å². The number of aromatic nitrogens is 3. The van der Waals surface area contributed by atoms with Crippen LogP contribution in [0.1, 0.15) is 46.7 Å². The number of carbonyl (C=O) groups is 1. The molecule has 6 nitrogen and oxygen atoms in total. The average Bonchev–Trinajstić information content (AvgIpc) is 3.06. The molecule has 7 heteroatoms. The third-order valence-electron chi connectivity index (χ3n) is 4.22. The Morgan fingerprint density at radius 1 is 1.50 bits per heavy atom. The second-order valence-electron chi connectivity index (χ2n) is 6.11. The second kappa shape index (κ2) is 7.90. The molecule has 0 radical (unpaired) electrons. The van der Waals surface area contributed by atoms with Gasteiger partial charge in [0, 0.05) is 30.8 Å². The van der Waals surface area contributed by atoms with E-state index >= 15 is 0 Å². The van der Waals surface area contributed by atoms with E-state index in [2.05, 4.69) is 38.4 Å². The van der Waals surface area contributed by atoms with E-state index in [1.54, 1.807) is 11.3 Å². The second-order valence-corrected chi connectivity index (χ2v) is 7.40. The molecule has 2 aromatic heterocycles. The van der Waals surface area contributed by atoms with E-state index in [0.29, 0.717) is 19.4 Å². The lowest BCUT2D eigenvalue weighted by molar-refractivity contribution is -0.121. The maximum Gasteiger partial charge on any atom is 0.220 e. The summed E-state index contributed by atoms with van der Waals surface area (Å²) in [6, 6.07) is 2.12. The van der Waals surface area contributed by atoms with Gasteiger partial charge in [-0.1, -0.05) is 6.92 Å². The zero-order valence-corrected chi connectivity index (χ0v) is 15.2. The minimum absolute atomic E-state index is 0.0735. The van der Waals surface area contributed by atoms with Crippen LogP contribution in [0.25, 0.3) is 0 Å². The van der Waals surface area contributed by atoms with Crippen molar-refractivity contribution < 1.29 is 4.79 Å². The van der Waals surface area contributed by atoms with Crippen LogP contribution in [0.2, 0.25) is 0 Å². The third-order valence-corrected chi connectivity index (χ3v) is 5.23. The predicted octanol–water partition coefficient (Wildman–Crippen LogP) is 1.95. The first-order valence-corrected chi connectivity index (χ1v) is 9.45. The van der Waals surface area contributed by atoms with Crippen LogP contribution in [0, 0.1) is 6.92 Å². The molecule has 0 unspecified atom stereocenters. The number of hydrogen-bond donors (Lipinski definition) is 2. The molecule has 1 aliphatic heterocycles. The molecule has 24 heavy (non-hydrogen) atoms. The first kappa shape index (κ1) is 17.1. The zero-order chi connectivity index (χ0) is 16.9. The average molecular weight is 347 g/mol. The van der Waals surface area contributed by atoms with Crippen LogP contribution in [0.15, 0.2) is 6.07 Å². The van der Waals surface area contributed by atoms with Gasteiger partial charge in [0.25, 0.3) is 0 Å². The molecule has 3 heterocycles. The molecule has 1 amide bonds. The molecule has 0 saturated carbocycles. The molecule has 0 atom stereocenters. The zero-order valence-electron chi connectivity index (χ0n) is 14.4. The molecule has 2 N–H and O–H groups in total. The molecule has 2 aromatic rings. The first-order chi connectivity index (χ1) is 11.7. The van der Waals surface area contributed by atoms with Crippen molar-refractivity contribution in [3.8, 4) is 0 Å². The molecule has 130 valence electrons. The highest BCUT2D eigenvalue weighted by Gasteiger charge is 2.13. The summed E-state index contributed by atoms with van der Waals surface area (Å²) >= 11 is 1.67. The Morgan fingerprint density at radius 2 is 2.38 bits per heavy atom. The lowest BCUT2D eigenvalue weighted by Crippen LogP contribution is -2.23. The summed E-state index contributed by atoms with van der Waals surface area (Å²) in [5, 5.41) is 12.1. The van der Waals surface area contributed by atoms with Crippen molar-refractivity contribution in [3.63, 3.8) is 0 Å². The van der Waals surface area contributed by atoms with Gasteiger partial charge >= 0.3 is 0 Å². The fourth-order valence-electron chi connectivity index (χ4n) is 2.98. The molecular weight excluding hydrogens is 322 g/mol. The molecule has 3 rings (SSSR count). The van der Waals surface area contributed by atoms with E-state index in [9.17, 15) is 4.79 Å². The topological polar surface area (TPSA) is 71.8 Å². The van der Waals surface area contributed by atoms with Crippen molar-refractivity contribution in [2.24, 2.45) is 0 Å². The van der Waals surface area contributed by atoms with E-state index in [0.717, 1.165) is 48.9 Å². The van der Waals surface area contributed by atoms with E-state index < -0.39 is 0 Å². The van der Waals surface area contributed by atoms with Crippen molar-refractivity contribution in [1.82, 2.24) is 25.4 Å². The van der Waals surface area contributed by atoms with Gasteiger partial charge in [0.15, 0.2) is 0 Å². The fourth-order valence-corrected chi connectivity index (χ4v) is 3.94. The summed E-state index contributed by atoms with van der Waals surface area (Å²) in [7, 11) is 0. The number of hydrogen-bond acceptors (Lipinski definition) is 5. The van der Waals surface area contributed by atoms with Crippen molar-refractivity contribution in [3.05, 3.63) is 33.0 Å². The SMILES string of the molecule is CCc1nc(C)sc1CNC(=O)CCc1cc2n(n1)CCCNC2. The third kappa shape index (κ3) is 4.21. The van der Waals surface area contributed by atoms with Crippen molar-refractivity contribution in [1.29, 1.82) is 0 Å². The Kier molecular flexibility index (Phi) is 5.63. The number of nitrogens with zero attached hydrogens (tertiary/aromatic N) is 3. The Bertz CT molecular complexity index is 682. The number of amides is 1. The number of thiazole rings is 1. The van der Waals surface area contributed by atoms with Gasteiger partial charge in [-0.25, -0.2) is 4.98 Å². The summed E-state index contributed by atoms with van der Waals surface area (Å²) in [4.78, 5) is 17.8. The number of nitrogens with one attached hydrogen (secondary N) is 2. The number of fused-ring (bicyclic) bond motifs is 1. The molecule has 0 saturated heterocycles. The largest absolute Gasteiger partial charge is 0.351 e. The fraction of sp³-hybridized carbons (Fsp3) is 0.588. The molecule has 0 spiro atoms. The molecule has 0 fully saturated rings. The number of aryl methyl sites for hydroxylation is 4.